The van der Waals surface area contributed by atoms with Crippen molar-refractivity contribution in [1.29, 1.82) is 0 Å². The fourth-order valence-corrected chi connectivity index (χ4v) is 1.63. The van der Waals surface area contributed by atoms with Crippen LogP contribution in [0.25, 0.3) is 11.3 Å². The highest BCUT2D eigenvalue weighted by Crippen LogP contribution is 2.23. The minimum Gasteiger partial charge on any atom is -0.383 e. The highest BCUT2D eigenvalue weighted by Gasteiger charge is 2.09. The first kappa shape index (κ1) is 10.5. The first-order chi connectivity index (χ1) is 7.72. The molecule has 0 atom stereocenters. The molecule has 2 aromatic rings. The minimum absolute atomic E-state index is 0.549. The van der Waals surface area contributed by atoms with Gasteiger partial charge in [0.25, 0.3) is 0 Å². The standard InChI is InChI=1S/C12H14N4/c1-3-10-11(15-7-16-12(10)13)9-5-4-8(2)14-6-9/h4-7H,3H2,1-2H3,(H2,13,15,16). The van der Waals surface area contributed by atoms with Gasteiger partial charge in [-0.2, -0.15) is 0 Å². The average molecular weight is 214 g/mol. The number of aromatic nitrogens is 3. The van der Waals surface area contributed by atoms with Crippen molar-refractivity contribution in [3.63, 3.8) is 0 Å². The van der Waals surface area contributed by atoms with Crippen molar-refractivity contribution in [2.75, 3.05) is 5.73 Å². The largest absolute Gasteiger partial charge is 0.383 e. The Balaban J connectivity index is 2.55. The molecular weight excluding hydrogens is 200 g/mol. The van der Waals surface area contributed by atoms with Gasteiger partial charge in [0.15, 0.2) is 0 Å². The average Bonchev–Trinajstić information content (AvgIpc) is 2.30. The second-order valence-electron chi connectivity index (χ2n) is 3.63. The molecule has 0 bridgehead atoms. The molecule has 0 aliphatic carbocycles. The summed E-state index contributed by atoms with van der Waals surface area (Å²) in [6.07, 6.45) is 4.12. The van der Waals surface area contributed by atoms with Crippen molar-refractivity contribution in [3.05, 3.63) is 35.9 Å². The number of pyridine rings is 1. The summed E-state index contributed by atoms with van der Waals surface area (Å²) in [7, 11) is 0. The fraction of sp³-hybridized carbons (Fsp3) is 0.250. The molecule has 0 spiro atoms. The lowest BCUT2D eigenvalue weighted by atomic mass is 10.1. The zero-order chi connectivity index (χ0) is 11.5. The van der Waals surface area contributed by atoms with E-state index in [1.54, 1.807) is 0 Å². The fourth-order valence-electron chi connectivity index (χ4n) is 1.63. The van der Waals surface area contributed by atoms with Crippen LogP contribution in [-0.4, -0.2) is 15.0 Å². The molecule has 0 aromatic carbocycles. The summed E-state index contributed by atoms with van der Waals surface area (Å²) in [5.41, 5.74) is 9.66. The minimum atomic E-state index is 0.549. The predicted molar refractivity (Wildman–Crippen MR) is 63.8 cm³/mol. The Hall–Kier alpha value is -1.97. The van der Waals surface area contributed by atoms with E-state index < -0.39 is 0 Å². The van der Waals surface area contributed by atoms with Gasteiger partial charge in [0, 0.05) is 23.0 Å². The Kier molecular flexibility index (Phi) is 2.81. The van der Waals surface area contributed by atoms with E-state index in [1.807, 2.05) is 32.2 Å². The Bertz CT molecular complexity index is 491. The molecule has 4 nitrogen and oxygen atoms in total. The first-order valence-electron chi connectivity index (χ1n) is 5.24. The molecule has 2 N–H and O–H groups in total. The topological polar surface area (TPSA) is 64.7 Å². The lowest BCUT2D eigenvalue weighted by Crippen LogP contribution is -2.01. The number of aryl methyl sites for hydroxylation is 1. The molecule has 16 heavy (non-hydrogen) atoms. The molecule has 0 fully saturated rings. The summed E-state index contributed by atoms with van der Waals surface area (Å²) < 4.78 is 0. The number of nitrogens with zero attached hydrogens (tertiary/aromatic N) is 3. The summed E-state index contributed by atoms with van der Waals surface area (Å²) in [5.74, 6) is 0.549. The third-order valence-electron chi connectivity index (χ3n) is 2.52. The van der Waals surface area contributed by atoms with Gasteiger partial charge in [0.05, 0.1) is 5.69 Å². The van der Waals surface area contributed by atoms with E-state index in [-0.39, 0.29) is 0 Å². The monoisotopic (exact) mass is 214 g/mol. The number of nitrogens with two attached hydrogens (primary N) is 1. The third-order valence-corrected chi connectivity index (χ3v) is 2.52. The van der Waals surface area contributed by atoms with Crippen LogP contribution in [0.2, 0.25) is 0 Å². The van der Waals surface area contributed by atoms with Gasteiger partial charge >= 0.3 is 0 Å². The van der Waals surface area contributed by atoms with Gasteiger partial charge in [-0.3, -0.25) is 4.98 Å². The molecule has 0 aliphatic heterocycles. The van der Waals surface area contributed by atoms with Crippen molar-refractivity contribution in [2.24, 2.45) is 0 Å². The molecule has 0 aliphatic rings. The second-order valence-corrected chi connectivity index (χ2v) is 3.63. The quantitative estimate of drug-likeness (QED) is 0.830. The summed E-state index contributed by atoms with van der Waals surface area (Å²) in [5, 5.41) is 0. The maximum Gasteiger partial charge on any atom is 0.130 e. The van der Waals surface area contributed by atoms with Crippen molar-refractivity contribution in [1.82, 2.24) is 15.0 Å². The van der Waals surface area contributed by atoms with Crippen LogP contribution < -0.4 is 5.73 Å². The predicted octanol–water partition coefficient (Wildman–Crippen LogP) is 1.99. The lowest BCUT2D eigenvalue weighted by molar-refractivity contribution is 1.06. The maximum atomic E-state index is 5.83. The second kappa shape index (κ2) is 4.26. The molecule has 2 aromatic heterocycles. The zero-order valence-electron chi connectivity index (χ0n) is 9.44. The molecule has 0 saturated carbocycles. The van der Waals surface area contributed by atoms with Crippen LogP contribution in [0.3, 0.4) is 0 Å². The van der Waals surface area contributed by atoms with Crippen molar-refractivity contribution in [3.8, 4) is 11.3 Å². The number of anilines is 1. The van der Waals surface area contributed by atoms with Crippen molar-refractivity contribution in [2.45, 2.75) is 20.3 Å². The van der Waals surface area contributed by atoms with E-state index in [2.05, 4.69) is 15.0 Å². The van der Waals surface area contributed by atoms with Crippen LogP contribution in [0, 0.1) is 6.92 Å². The normalized spacial score (nSPS) is 10.4. The van der Waals surface area contributed by atoms with E-state index in [0.717, 1.165) is 28.9 Å². The lowest BCUT2D eigenvalue weighted by Gasteiger charge is -2.08. The molecule has 0 amide bonds. The number of rotatable bonds is 2. The van der Waals surface area contributed by atoms with Gasteiger partial charge < -0.3 is 5.73 Å². The van der Waals surface area contributed by atoms with E-state index >= 15 is 0 Å². The van der Waals surface area contributed by atoms with Gasteiger partial charge in [-0.15, -0.1) is 0 Å². The molecule has 2 heterocycles. The first-order valence-corrected chi connectivity index (χ1v) is 5.24. The van der Waals surface area contributed by atoms with E-state index in [9.17, 15) is 0 Å². The van der Waals surface area contributed by atoms with E-state index in [0.29, 0.717) is 5.82 Å². The van der Waals surface area contributed by atoms with Gasteiger partial charge in [-0.1, -0.05) is 6.92 Å². The van der Waals surface area contributed by atoms with Crippen LogP contribution in [0.5, 0.6) is 0 Å². The molecule has 4 heteroatoms. The summed E-state index contributed by atoms with van der Waals surface area (Å²) in [6, 6.07) is 3.97. The Morgan fingerprint density at radius 2 is 2.00 bits per heavy atom. The van der Waals surface area contributed by atoms with Crippen LogP contribution in [0.15, 0.2) is 24.7 Å². The number of hydrogen-bond acceptors (Lipinski definition) is 4. The smallest absolute Gasteiger partial charge is 0.130 e. The SMILES string of the molecule is CCc1c(N)ncnc1-c1ccc(C)nc1. The van der Waals surface area contributed by atoms with Crippen LogP contribution in [0.4, 0.5) is 5.82 Å². The van der Waals surface area contributed by atoms with Gasteiger partial charge in [-0.25, -0.2) is 9.97 Å². The molecular formula is C12H14N4. The molecule has 0 saturated heterocycles. The molecule has 82 valence electrons. The van der Waals surface area contributed by atoms with E-state index in [4.69, 9.17) is 5.73 Å². The van der Waals surface area contributed by atoms with E-state index in [1.165, 1.54) is 6.33 Å². The summed E-state index contributed by atoms with van der Waals surface area (Å²) in [4.78, 5) is 12.5. The van der Waals surface area contributed by atoms with Crippen LogP contribution in [-0.2, 0) is 6.42 Å². The summed E-state index contributed by atoms with van der Waals surface area (Å²) >= 11 is 0. The van der Waals surface area contributed by atoms with Crippen LogP contribution >= 0.6 is 0 Å². The Morgan fingerprint density at radius 3 is 2.62 bits per heavy atom. The molecule has 0 unspecified atom stereocenters. The van der Waals surface area contributed by atoms with Gasteiger partial charge in [-0.05, 0) is 25.5 Å². The Morgan fingerprint density at radius 1 is 1.19 bits per heavy atom. The highest BCUT2D eigenvalue weighted by atomic mass is 14.9. The zero-order valence-corrected chi connectivity index (χ0v) is 9.44. The molecule has 0 radical (unpaired) electrons. The Labute approximate surface area is 94.6 Å². The molecule has 2 rings (SSSR count). The van der Waals surface area contributed by atoms with Crippen molar-refractivity contribution >= 4 is 5.82 Å². The van der Waals surface area contributed by atoms with Gasteiger partial charge in [0.1, 0.15) is 12.1 Å². The number of hydrogen-bond donors (Lipinski definition) is 1. The van der Waals surface area contributed by atoms with Gasteiger partial charge in [0.2, 0.25) is 0 Å². The van der Waals surface area contributed by atoms with Crippen LogP contribution in [0.1, 0.15) is 18.2 Å². The highest BCUT2D eigenvalue weighted by molar-refractivity contribution is 5.66. The maximum absolute atomic E-state index is 5.83. The summed E-state index contributed by atoms with van der Waals surface area (Å²) in [6.45, 7) is 4.00. The van der Waals surface area contributed by atoms with Crippen molar-refractivity contribution < 1.29 is 0 Å². The third kappa shape index (κ3) is 1.86. The number of nitrogen functional groups attached to an aromatic ring is 1.